The zero-order chi connectivity index (χ0) is 15.2. The maximum absolute atomic E-state index is 11.8. The van der Waals surface area contributed by atoms with Gasteiger partial charge in [0.1, 0.15) is 18.7 Å². The first-order chi connectivity index (χ1) is 10.2. The summed E-state index contributed by atoms with van der Waals surface area (Å²) in [6, 6.07) is 0. The Bertz CT molecular complexity index is 605. The molecule has 114 valence electrons. The second-order valence-corrected chi connectivity index (χ2v) is 4.76. The van der Waals surface area contributed by atoms with E-state index in [1.165, 1.54) is 6.33 Å². The first-order valence-electron chi connectivity index (χ1n) is 7.39. The Morgan fingerprint density at radius 3 is 2.71 bits per heavy atom. The second-order valence-electron chi connectivity index (χ2n) is 4.76. The Morgan fingerprint density at radius 1 is 1.29 bits per heavy atom. The zero-order valence-corrected chi connectivity index (χ0v) is 12.8. The summed E-state index contributed by atoms with van der Waals surface area (Å²) in [6.07, 6.45) is 4.17. The Kier molecular flexibility index (Phi) is 5.08. The largest absolute Gasteiger partial charge is 0.356 e. The third-order valence-electron chi connectivity index (χ3n) is 3.34. The molecule has 0 unspecified atom stereocenters. The van der Waals surface area contributed by atoms with Crippen molar-refractivity contribution in [3.63, 3.8) is 0 Å². The summed E-state index contributed by atoms with van der Waals surface area (Å²) in [5.41, 5.74) is 0.693. The number of carbonyl (C=O) groups excluding carboxylic acids is 1. The van der Waals surface area contributed by atoms with Crippen molar-refractivity contribution in [1.29, 1.82) is 0 Å². The van der Waals surface area contributed by atoms with Crippen LogP contribution >= 0.6 is 0 Å². The summed E-state index contributed by atoms with van der Waals surface area (Å²) in [6.45, 7) is 8.78. The number of nitrogens with zero attached hydrogens (tertiary/aromatic N) is 5. The molecule has 2 rings (SSSR count). The van der Waals surface area contributed by atoms with Crippen LogP contribution in [-0.2, 0) is 11.3 Å². The second kappa shape index (κ2) is 7.01. The van der Waals surface area contributed by atoms with Gasteiger partial charge in [0.2, 0.25) is 5.91 Å². The summed E-state index contributed by atoms with van der Waals surface area (Å²) >= 11 is 0. The van der Waals surface area contributed by atoms with Crippen molar-refractivity contribution >= 4 is 22.8 Å². The van der Waals surface area contributed by atoms with Crippen LogP contribution in [0.5, 0.6) is 0 Å². The highest BCUT2D eigenvalue weighted by molar-refractivity contribution is 5.87. The molecule has 0 fully saturated rings. The lowest BCUT2D eigenvalue weighted by atomic mass is 10.3. The van der Waals surface area contributed by atoms with Crippen molar-refractivity contribution in [2.75, 3.05) is 24.5 Å². The molecule has 0 bridgehead atoms. The number of carbonyl (C=O) groups is 1. The summed E-state index contributed by atoms with van der Waals surface area (Å²) in [5.74, 6) is 0.815. The number of hydrogen-bond donors (Lipinski definition) is 1. The van der Waals surface area contributed by atoms with Gasteiger partial charge in [0.25, 0.3) is 0 Å². The molecular weight excluding hydrogens is 268 g/mol. The third-order valence-corrected chi connectivity index (χ3v) is 3.34. The van der Waals surface area contributed by atoms with Crippen LogP contribution in [0.1, 0.15) is 27.2 Å². The Morgan fingerprint density at radius 2 is 2.05 bits per heavy atom. The topological polar surface area (TPSA) is 75.9 Å². The lowest BCUT2D eigenvalue weighted by Crippen LogP contribution is -2.28. The molecule has 2 aromatic heterocycles. The van der Waals surface area contributed by atoms with Crippen LogP contribution in [0.15, 0.2) is 12.5 Å². The number of rotatable bonds is 7. The predicted molar refractivity (Wildman–Crippen MR) is 82.2 cm³/mol. The molecule has 7 nitrogen and oxygen atoms in total. The lowest BCUT2D eigenvalue weighted by molar-refractivity contribution is -0.121. The number of hydrogen-bond acceptors (Lipinski definition) is 5. The van der Waals surface area contributed by atoms with Crippen molar-refractivity contribution in [3.05, 3.63) is 12.5 Å². The minimum atomic E-state index is -0.0511. The quantitative estimate of drug-likeness (QED) is 0.829. The molecule has 21 heavy (non-hydrogen) atoms. The van der Waals surface area contributed by atoms with Gasteiger partial charge < -0.3 is 10.2 Å². The molecule has 0 aliphatic heterocycles. The van der Waals surface area contributed by atoms with Gasteiger partial charge in [-0.25, -0.2) is 14.6 Å². The molecule has 2 heterocycles. The number of amides is 1. The molecule has 1 N–H and O–H groups in total. The van der Waals surface area contributed by atoms with Crippen LogP contribution < -0.4 is 10.2 Å². The highest BCUT2D eigenvalue weighted by atomic mass is 16.2. The SMILES string of the molecule is CCCNC(=O)Cn1ncc2c(N(CC)CC)ncnc21. The highest BCUT2D eigenvalue weighted by Gasteiger charge is 2.14. The minimum Gasteiger partial charge on any atom is -0.356 e. The first-order valence-corrected chi connectivity index (χ1v) is 7.39. The van der Waals surface area contributed by atoms with E-state index in [1.54, 1.807) is 10.9 Å². The molecule has 0 radical (unpaired) electrons. The van der Waals surface area contributed by atoms with Crippen molar-refractivity contribution < 1.29 is 4.79 Å². The fourth-order valence-electron chi connectivity index (χ4n) is 2.23. The van der Waals surface area contributed by atoms with Crippen LogP contribution in [0.4, 0.5) is 5.82 Å². The smallest absolute Gasteiger partial charge is 0.241 e. The number of aromatic nitrogens is 4. The highest BCUT2D eigenvalue weighted by Crippen LogP contribution is 2.22. The average Bonchev–Trinajstić information content (AvgIpc) is 2.90. The van der Waals surface area contributed by atoms with Gasteiger partial charge in [0.05, 0.1) is 11.6 Å². The molecule has 0 aliphatic rings. The van der Waals surface area contributed by atoms with E-state index in [2.05, 4.69) is 39.1 Å². The van der Waals surface area contributed by atoms with Gasteiger partial charge in [-0.15, -0.1) is 0 Å². The van der Waals surface area contributed by atoms with Gasteiger partial charge in [0.15, 0.2) is 5.65 Å². The van der Waals surface area contributed by atoms with E-state index in [9.17, 15) is 4.79 Å². The van der Waals surface area contributed by atoms with E-state index in [0.29, 0.717) is 12.2 Å². The third kappa shape index (κ3) is 3.29. The molecule has 0 aromatic carbocycles. The molecule has 0 saturated heterocycles. The Balaban J connectivity index is 2.28. The van der Waals surface area contributed by atoms with E-state index in [-0.39, 0.29) is 12.5 Å². The Hall–Kier alpha value is -2.18. The maximum atomic E-state index is 11.8. The van der Waals surface area contributed by atoms with Crippen LogP contribution in [0, 0.1) is 0 Å². The van der Waals surface area contributed by atoms with Crippen molar-refractivity contribution in [1.82, 2.24) is 25.1 Å². The molecule has 7 heteroatoms. The fourth-order valence-corrected chi connectivity index (χ4v) is 2.23. The van der Waals surface area contributed by atoms with Crippen LogP contribution in [0.25, 0.3) is 11.0 Å². The number of nitrogens with one attached hydrogen (secondary N) is 1. The maximum Gasteiger partial charge on any atom is 0.241 e. The summed E-state index contributed by atoms with van der Waals surface area (Å²) in [5, 5.41) is 8.00. The van der Waals surface area contributed by atoms with Gasteiger partial charge >= 0.3 is 0 Å². The minimum absolute atomic E-state index is 0.0511. The Labute approximate surface area is 124 Å². The van der Waals surface area contributed by atoms with Crippen molar-refractivity contribution in [2.24, 2.45) is 0 Å². The summed E-state index contributed by atoms with van der Waals surface area (Å²) in [7, 11) is 0. The fraction of sp³-hybridized carbons (Fsp3) is 0.571. The first kappa shape index (κ1) is 15.2. The predicted octanol–water partition coefficient (Wildman–Crippen LogP) is 1.20. The molecule has 0 aliphatic carbocycles. The monoisotopic (exact) mass is 290 g/mol. The summed E-state index contributed by atoms with van der Waals surface area (Å²) < 4.78 is 1.62. The van der Waals surface area contributed by atoms with E-state index < -0.39 is 0 Å². The lowest BCUT2D eigenvalue weighted by Gasteiger charge is -2.19. The van der Waals surface area contributed by atoms with Crippen molar-refractivity contribution in [2.45, 2.75) is 33.7 Å². The van der Waals surface area contributed by atoms with E-state index in [1.807, 2.05) is 6.92 Å². The van der Waals surface area contributed by atoms with Gasteiger partial charge in [-0.2, -0.15) is 5.10 Å². The van der Waals surface area contributed by atoms with Crippen LogP contribution in [0.3, 0.4) is 0 Å². The molecule has 0 spiro atoms. The van der Waals surface area contributed by atoms with E-state index >= 15 is 0 Å². The number of fused-ring (bicyclic) bond motifs is 1. The normalized spacial score (nSPS) is 10.8. The summed E-state index contributed by atoms with van der Waals surface area (Å²) in [4.78, 5) is 22.6. The van der Waals surface area contributed by atoms with Gasteiger partial charge in [-0.3, -0.25) is 4.79 Å². The molecule has 0 atom stereocenters. The van der Waals surface area contributed by atoms with Gasteiger partial charge in [-0.1, -0.05) is 6.92 Å². The van der Waals surface area contributed by atoms with E-state index in [4.69, 9.17) is 0 Å². The van der Waals surface area contributed by atoms with Crippen molar-refractivity contribution in [3.8, 4) is 0 Å². The number of anilines is 1. The average molecular weight is 290 g/mol. The molecule has 2 aromatic rings. The van der Waals surface area contributed by atoms with Gasteiger partial charge in [-0.05, 0) is 20.3 Å². The van der Waals surface area contributed by atoms with Crippen LogP contribution in [-0.4, -0.2) is 45.3 Å². The standard InChI is InChI=1S/C14H22N6O/c1-4-7-15-12(21)9-20-14-11(8-18-20)13(16-10-17-14)19(5-2)6-3/h8,10H,4-7,9H2,1-3H3,(H,15,21). The molecule has 1 amide bonds. The van der Waals surface area contributed by atoms with Crippen LogP contribution in [0.2, 0.25) is 0 Å². The van der Waals surface area contributed by atoms with Gasteiger partial charge in [0, 0.05) is 19.6 Å². The molecular formula is C14H22N6O. The molecule has 0 saturated carbocycles. The van der Waals surface area contributed by atoms with E-state index in [0.717, 1.165) is 30.7 Å². The zero-order valence-electron chi connectivity index (χ0n) is 12.8.